The van der Waals surface area contributed by atoms with Crippen molar-refractivity contribution in [2.24, 2.45) is 5.92 Å². The maximum Gasteiger partial charge on any atom is 0.408 e. The highest BCUT2D eigenvalue weighted by molar-refractivity contribution is 5.84. The number of nitrogens with one attached hydrogen (secondary N) is 1. The quantitative estimate of drug-likeness (QED) is 0.737. The zero-order valence-electron chi connectivity index (χ0n) is 10.1. The number of hydrogen-bond donors (Lipinski definition) is 2. The predicted octanol–water partition coefficient (Wildman–Crippen LogP) is 1.93. The van der Waals surface area contributed by atoms with Crippen LogP contribution in [0.1, 0.15) is 32.6 Å². The van der Waals surface area contributed by atoms with Crippen molar-refractivity contribution >= 4 is 12.1 Å². The SMILES string of the molecule is C=CCOC(=O)N[C@]1(C(=O)O)CCC[C@H](C)C1. The van der Waals surface area contributed by atoms with Crippen LogP contribution in [0, 0.1) is 5.92 Å². The van der Waals surface area contributed by atoms with Gasteiger partial charge in [-0.05, 0) is 18.8 Å². The molecule has 0 heterocycles. The van der Waals surface area contributed by atoms with Crippen LogP contribution in [0.5, 0.6) is 0 Å². The van der Waals surface area contributed by atoms with Crippen LogP contribution in [0.25, 0.3) is 0 Å². The molecule has 5 nitrogen and oxygen atoms in total. The molecule has 0 unspecified atom stereocenters. The number of aliphatic carboxylic acids is 1. The zero-order valence-corrected chi connectivity index (χ0v) is 10.1. The Morgan fingerprint density at radius 1 is 1.65 bits per heavy atom. The Morgan fingerprint density at radius 3 is 2.88 bits per heavy atom. The molecule has 17 heavy (non-hydrogen) atoms. The Labute approximate surface area is 101 Å². The van der Waals surface area contributed by atoms with E-state index < -0.39 is 17.6 Å². The molecular formula is C12H19NO4. The van der Waals surface area contributed by atoms with E-state index in [0.717, 1.165) is 12.8 Å². The van der Waals surface area contributed by atoms with Crippen molar-refractivity contribution in [3.05, 3.63) is 12.7 Å². The molecule has 1 saturated carbocycles. The van der Waals surface area contributed by atoms with Crippen LogP contribution < -0.4 is 5.32 Å². The summed E-state index contributed by atoms with van der Waals surface area (Å²) in [6.07, 6.45) is 3.45. The minimum atomic E-state index is -1.17. The number of carbonyl (C=O) groups excluding carboxylic acids is 1. The highest BCUT2D eigenvalue weighted by atomic mass is 16.5. The van der Waals surface area contributed by atoms with Crippen molar-refractivity contribution in [1.29, 1.82) is 0 Å². The van der Waals surface area contributed by atoms with Gasteiger partial charge in [0, 0.05) is 0 Å². The van der Waals surface area contributed by atoms with E-state index in [0.29, 0.717) is 18.8 Å². The molecule has 0 bridgehead atoms. The Balaban J connectivity index is 2.68. The first-order chi connectivity index (χ1) is 8.00. The van der Waals surface area contributed by atoms with E-state index in [1.54, 1.807) is 0 Å². The van der Waals surface area contributed by atoms with Gasteiger partial charge in [0.1, 0.15) is 12.1 Å². The van der Waals surface area contributed by atoms with E-state index in [1.807, 2.05) is 6.92 Å². The van der Waals surface area contributed by atoms with E-state index in [-0.39, 0.29) is 6.61 Å². The lowest BCUT2D eigenvalue weighted by molar-refractivity contribution is -0.146. The molecule has 96 valence electrons. The number of ether oxygens (including phenoxy) is 1. The first kappa shape index (κ1) is 13.5. The molecule has 0 aromatic heterocycles. The molecule has 0 aliphatic heterocycles. The van der Waals surface area contributed by atoms with Crippen molar-refractivity contribution in [2.75, 3.05) is 6.61 Å². The van der Waals surface area contributed by atoms with E-state index in [4.69, 9.17) is 4.74 Å². The van der Waals surface area contributed by atoms with Gasteiger partial charge < -0.3 is 15.2 Å². The average molecular weight is 241 g/mol. The number of rotatable bonds is 4. The van der Waals surface area contributed by atoms with Gasteiger partial charge in [0.25, 0.3) is 0 Å². The first-order valence-electron chi connectivity index (χ1n) is 5.79. The van der Waals surface area contributed by atoms with Crippen molar-refractivity contribution < 1.29 is 19.4 Å². The first-order valence-corrected chi connectivity index (χ1v) is 5.79. The third-order valence-corrected chi connectivity index (χ3v) is 3.08. The summed E-state index contributed by atoms with van der Waals surface area (Å²) >= 11 is 0. The van der Waals surface area contributed by atoms with Crippen LogP contribution in [-0.2, 0) is 9.53 Å². The number of hydrogen-bond acceptors (Lipinski definition) is 3. The van der Waals surface area contributed by atoms with Gasteiger partial charge in [-0.3, -0.25) is 0 Å². The standard InChI is InChI=1S/C12H19NO4/c1-3-7-17-11(16)13-12(10(14)15)6-4-5-9(2)8-12/h3,9H,1,4-8H2,2H3,(H,13,16)(H,14,15)/t9-,12+/m0/s1. The maximum atomic E-state index is 11.4. The van der Waals surface area contributed by atoms with Crippen LogP contribution in [-0.4, -0.2) is 29.3 Å². The number of carboxylic acids is 1. The van der Waals surface area contributed by atoms with E-state index in [9.17, 15) is 14.7 Å². The fourth-order valence-corrected chi connectivity index (χ4v) is 2.28. The summed E-state index contributed by atoms with van der Waals surface area (Å²) in [6, 6.07) is 0. The molecule has 1 fully saturated rings. The van der Waals surface area contributed by atoms with Gasteiger partial charge in [-0.2, -0.15) is 0 Å². The van der Waals surface area contributed by atoms with Gasteiger partial charge in [-0.15, -0.1) is 0 Å². The Hall–Kier alpha value is -1.52. The molecule has 0 aromatic rings. The second-order valence-electron chi connectivity index (χ2n) is 4.60. The molecule has 1 amide bonds. The summed E-state index contributed by atoms with van der Waals surface area (Å²) < 4.78 is 4.77. The molecular weight excluding hydrogens is 222 g/mol. The van der Waals surface area contributed by atoms with Gasteiger partial charge in [0.2, 0.25) is 0 Å². The van der Waals surface area contributed by atoms with Crippen LogP contribution in [0.15, 0.2) is 12.7 Å². The molecule has 2 N–H and O–H groups in total. The normalized spacial score (nSPS) is 28.2. The smallest absolute Gasteiger partial charge is 0.408 e. The van der Waals surface area contributed by atoms with Crippen molar-refractivity contribution in [3.63, 3.8) is 0 Å². The minimum Gasteiger partial charge on any atom is -0.480 e. The number of carboxylic acid groups (broad SMARTS) is 1. The van der Waals surface area contributed by atoms with E-state index >= 15 is 0 Å². The molecule has 2 atom stereocenters. The second kappa shape index (κ2) is 5.70. The lowest BCUT2D eigenvalue weighted by atomic mass is 9.76. The molecule has 5 heteroatoms. The van der Waals surface area contributed by atoms with Crippen molar-refractivity contribution in [2.45, 2.75) is 38.1 Å². The average Bonchev–Trinajstić information content (AvgIpc) is 2.26. The van der Waals surface area contributed by atoms with Gasteiger partial charge >= 0.3 is 12.1 Å². The van der Waals surface area contributed by atoms with Crippen molar-refractivity contribution in [3.8, 4) is 0 Å². The van der Waals surface area contributed by atoms with Crippen LogP contribution in [0.4, 0.5) is 4.79 Å². The predicted molar refractivity (Wildman–Crippen MR) is 62.7 cm³/mol. The molecule has 0 aromatic carbocycles. The second-order valence-corrected chi connectivity index (χ2v) is 4.60. The number of alkyl carbamates (subject to hydrolysis) is 1. The molecule has 1 rings (SSSR count). The fraction of sp³-hybridized carbons (Fsp3) is 0.667. The van der Waals surface area contributed by atoms with Crippen LogP contribution in [0.3, 0.4) is 0 Å². The minimum absolute atomic E-state index is 0.0804. The summed E-state index contributed by atoms with van der Waals surface area (Å²) in [6.45, 7) is 5.50. The molecule has 0 saturated heterocycles. The van der Waals surface area contributed by atoms with Crippen molar-refractivity contribution in [1.82, 2.24) is 5.32 Å². The number of amides is 1. The Kier molecular flexibility index (Phi) is 4.54. The molecule has 1 aliphatic carbocycles. The summed E-state index contributed by atoms with van der Waals surface area (Å²) in [4.78, 5) is 22.8. The Morgan fingerprint density at radius 2 is 2.35 bits per heavy atom. The third-order valence-electron chi connectivity index (χ3n) is 3.08. The topological polar surface area (TPSA) is 75.6 Å². The monoisotopic (exact) mass is 241 g/mol. The Bertz CT molecular complexity index is 316. The third kappa shape index (κ3) is 3.47. The van der Waals surface area contributed by atoms with Crippen LogP contribution >= 0.6 is 0 Å². The lowest BCUT2D eigenvalue weighted by Gasteiger charge is -2.36. The van der Waals surface area contributed by atoms with Gasteiger partial charge in [0.15, 0.2) is 0 Å². The molecule has 1 aliphatic rings. The summed E-state index contributed by atoms with van der Waals surface area (Å²) in [5, 5.41) is 11.8. The lowest BCUT2D eigenvalue weighted by Crippen LogP contribution is -2.56. The fourth-order valence-electron chi connectivity index (χ4n) is 2.28. The highest BCUT2D eigenvalue weighted by Gasteiger charge is 2.43. The van der Waals surface area contributed by atoms with Gasteiger partial charge in [-0.25, -0.2) is 9.59 Å². The van der Waals surface area contributed by atoms with E-state index in [2.05, 4.69) is 11.9 Å². The van der Waals surface area contributed by atoms with Crippen LogP contribution in [0.2, 0.25) is 0 Å². The largest absolute Gasteiger partial charge is 0.480 e. The number of carbonyl (C=O) groups is 2. The van der Waals surface area contributed by atoms with Gasteiger partial charge in [-0.1, -0.05) is 32.4 Å². The van der Waals surface area contributed by atoms with Gasteiger partial charge in [0.05, 0.1) is 0 Å². The maximum absolute atomic E-state index is 11.4. The summed E-state index contributed by atoms with van der Waals surface area (Å²) in [7, 11) is 0. The zero-order chi connectivity index (χ0) is 12.9. The molecule has 0 radical (unpaired) electrons. The highest BCUT2D eigenvalue weighted by Crippen LogP contribution is 2.32. The molecule has 0 spiro atoms. The van der Waals surface area contributed by atoms with E-state index in [1.165, 1.54) is 6.08 Å². The summed E-state index contributed by atoms with van der Waals surface area (Å²) in [5.41, 5.74) is -1.17. The summed E-state index contributed by atoms with van der Waals surface area (Å²) in [5.74, 6) is -0.695.